The molecule has 0 unspecified atom stereocenters. The molecule has 3 aliphatic rings. The largest absolute Gasteiger partial charge is 0.496 e. The summed E-state index contributed by atoms with van der Waals surface area (Å²) in [7, 11) is 1.54. The number of rotatable bonds is 4. The number of carbonyl (C=O) groups is 3. The monoisotopic (exact) mass is 449 g/mol. The molecule has 2 saturated heterocycles. The molecule has 3 aliphatic heterocycles. The normalized spacial score (nSPS) is 28.8. The van der Waals surface area contributed by atoms with Crippen molar-refractivity contribution in [1.29, 1.82) is 0 Å². The number of carbonyl (C=O) groups excluding carboxylic acids is 3. The highest BCUT2D eigenvalue weighted by atomic mass is 16.5. The lowest BCUT2D eigenvalue weighted by Crippen LogP contribution is -2.54. The summed E-state index contributed by atoms with van der Waals surface area (Å²) in [5.74, 6) is -2.42. The molecule has 0 radical (unpaired) electrons. The summed E-state index contributed by atoms with van der Waals surface area (Å²) in [6, 6.07) is 10.3. The number of para-hydroxylation sites is 1. The first-order valence-corrected chi connectivity index (χ1v) is 11.1. The minimum Gasteiger partial charge on any atom is -0.496 e. The number of imide groups is 1. The molecule has 5 atom stereocenters. The molecule has 3 N–H and O–H groups in total. The van der Waals surface area contributed by atoms with E-state index in [1.54, 1.807) is 19.1 Å². The molecule has 5 rings (SSSR count). The van der Waals surface area contributed by atoms with Gasteiger partial charge in [0.15, 0.2) is 0 Å². The van der Waals surface area contributed by atoms with Crippen LogP contribution in [0.15, 0.2) is 36.4 Å². The summed E-state index contributed by atoms with van der Waals surface area (Å²) < 4.78 is 5.40. The van der Waals surface area contributed by atoms with Gasteiger partial charge in [-0.3, -0.25) is 24.6 Å². The molecule has 33 heavy (non-hydrogen) atoms. The van der Waals surface area contributed by atoms with Crippen LogP contribution >= 0.6 is 0 Å². The van der Waals surface area contributed by atoms with Crippen LogP contribution < -0.4 is 15.4 Å². The minimum absolute atomic E-state index is 0.0403. The van der Waals surface area contributed by atoms with Gasteiger partial charge in [-0.25, -0.2) is 0 Å². The summed E-state index contributed by atoms with van der Waals surface area (Å²) in [4.78, 5) is 42.1. The number of nitrogens with one attached hydrogen (secondary N) is 2. The number of anilines is 1. The van der Waals surface area contributed by atoms with Crippen molar-refractivity contribution in [2.24, 2.45) is 11.8 Å². The second-order valence-corrected chi connectivity index (χ2v) is 9.26. The fourth-order valence-electron chi connectivity index (χ4n) is 5.82. The predicted octanol–water partition coefficient (Wildman–Crippen LogP) is 1.61. The standard InChI is InChI=1S/C25H27N3O5/c1-12-9-13(2)20-16(10-12)25(24(32)26-20)19-18(21(27-25)14(3)29)22(30)28(23(19)31)11-15-7-5-6-8-17(15)33-4/h5-10,14,18-19,21,27,29H,11H2,1-4H3,(H,26,32)/t14-,18-,19-,21+,25-/m0/s1. The topological polar surface area (TPSA) is 108 Å². The van der Waals surface area contributed by atoms with Gasteiger partial charge in [0.2, 0.25) is 17.7 Å². The fourth-order valence-corrected chi connectivity index (χ4v) is 5.82. The zero-order valence-electron chi connectivity index (χ0n) is 19.0. The first kappa shape index (κ1) is 21.6. The lowest BCUT2D eigenvalue weighted by atomic mass is 9.75. The van der Waals surface area contributed by atoms with Crippen molar-refractivity contribution in [2.45, 2.75) is 45.0 Å². The van der Waals surface area contributed by atoms with Crippen LogP contribution in [0.25, 0.3) is 0 Å². The number of aryl methyl sites for hydroxylation is 2. The molecule has 8 nitrogen and oxygen atoms in total. The number of benzene rings is 2. The Hall–Kier alpha value is -3.23. The Kier molecular flexibility index (Phi) is 4.84. The van der Waals surface area contributed by atoms with E-state index in [4.69, 9.17) is 4.74 Å². The van der Waals surface area contributed by atoms with E-state index in [1.807, 2.05) is 38.1 Å². The summed E-state index contributed by atoms with van der Waals surface area (Å²) >= 11 is 0. The molecule has 0 aromatic heterocycles. The molecule has 0 aliphatic carbocycles. The number of aliphatic hydroxyl groups excluding tert-OH is 1. The number of hydrogen-bond donors (Lipinski definition) is 3. The van der Waals surface area contributed by atoms with Crippen LogP contribution in [0, 0.1) is 25.7 Å². The highest BCUT2D eigenvalue weighted by Crippen LogP contribution is 2.54. The first-order chi connectivity index (χ1) is 15.7. The molecule has 2 fully saturated rings. The molecule has 3 heterocycles. The zero-order chi connectivity index (χ0) is 23.7. The molecule has 3 amide bonds. The SMILES string of the molecule is COc1ccccc1CN1C(=O)[C@@H]2[C@@H]([C@H](C)O)N[C@]3(C(=O)Nc4c(C)cc(C)cc43)[C@@H]2C1=O. The number of amides is 3. The minimum atomic E-state index is -1.42. The lowest BCUT2D eigenvalue weighted by molar-refractivity contribution is -0.143. The third kappa shape index (κ3) is 2.87. The number of nitrogens with zero attached hydrogens (tertiary/aromatic N) is 1. The van der Waals surface area contributed by atoms with E-state index in [2.05, 4.69) is 10.6 Å². The Bertz CT molecular complexity index is 1190. The van der Waals surface area contributed by atoms with Gasteiger partial charge >= 0.3 is 0 Å². The summed E-state index contributed by atoms with van der Waals surface area (Å²) in [6.07, 6.45) is -0.942. The highest BCUT2D eigenvalue weighted by Gasteiger charge is 2.71. The average molecular weight is 450 g/mol. The third-order valence-corrected chi connectivity index (χ3v) is 7.23. The molecule has 2 aromatic rings. The van der Waals surface area contributed by atoms with Crippen LogP contribution in [0.1, 0.15) is 29.2 Å². The van der Waals surface area contributed by atoms with Gasteiger partial charge in [0.1, 0.15) is 11.3 Å². The number of fused-ring (bicyclic) bond motifs is 4. The van der Waals surface area contributed by atoms with Crippen molar-refractivity contribution in [2.75, 3.05) is 12.4 Å². The molecular formula is C25H27N3O5. The van der Waals surface area contributed by atoms with Gasteiger partial charge in [0.25, 0.3) is 0 Å². The average Bonchev–Trinajstić information content (AvgIpc) is 3.36. The van der Waals surface area contributed by atoms with Crippen molar-refractivity contribution in [3.05, 3.63) is 58.7 Å². The van der Waals surface area contributed by atoms with Crippen molar-refractivity contribution < 1.29 is 24.2 Å². The molecule has 0 saturated carbocycles. The fraction of sp³-hybridized carbons (Fsp3) is 0.400. The Labute approximate surface area is 191 Å². The summed E-state index contributed by atoms with van der Waals surface area (Å²) in [6.45, 7) is 5.44. The summed E-state index contributed by atoms with van der Waals surface area (Å²) in [5, 5.41) is 16.7. The van der Waals surface area contributed by atoms with Crippen LogP contribution in [0.5, 0.6) is 5.75 Å². The number of hydrogen-bond acceptors (Lipinski definition) is 6. The van der Waals surface area contributed by atoms with E-state index in [1.165, 1.54) is 12.0 Å². The highest BCUT2D eigenvalue weighted by molar-refractivity contribution is 6.15. The summed E-state index contributed by atoms with van der Waals surface area (Å²) in [5.41, 5.74) is 2.43. The molecule has 1 spiro atoms. The maximum Gasteiger partial charge on any atom is 0.250 e. The quantitative estimate of drug-likeness (QED) is 0.612. The van der Waals surface area contributed by atoms with Gasteiger partial charge in [0, 0.05) is 22.9 Å². The maximum absolute atomic E-state index is 13.8. The van der Waals surface area contributed by atoms with E-state index >= 15 is 0 Å². The predicted molar refractivity (Wildman–Crippen MR) is 120 cm³/mol. The van der Waals surface area contributed by atoms with Gasteiger partial charge in [-0.05, 0) is 32.4 Å². The maximum atomic E-state index is 13.8. The number of likely N-dealkylation sites (tertiary alicyclic amines) is 1. The Morgan fingerprint density at radius 3 is 2.58 bits per heavy atom. The van der Waals surface area contributed by atoms with Crippen molar-refractivity contribution >= 4 is 23.4 Å². The molecule has 172 valence electrons. The Morgan fingerprint density at radius 2 is 1.88 bits per heavy atom. The van der Waals surface area contributed by atoms with E-state index < -0.39 is 41.3 Å². The Balaban J connectivity index is 1.63. The van der Waals surface area contributed by atoms with E-state index in [9.17, 15) is 19.5 Å². The third-order valence-electron chi connectivity index (χ3n) is 7.23. The van der Waals surface area contributed by atoms with Crippen molar-refractivity contribution in [3.8, 4) is 5.75 Å². The van der Waals surface area contributed by atoms with E-state index in [0.717, 1.165) is 11.1 Å². The van der Waals surface area contributed by atoms with E-state index in [-0.39, 0.29) is 12.5 Å². The van der Waals surface area contributed by atoms with Gasteiger partial charge in [-0.1, -0.05) is 35.9 Å². The van der Waals surface area contributed by atoms with Crippen LogP contribution in [0.4, 0.5) is 5.69 Å². The smallest absolute Gasteiger partial charge is 0.250 e. The second-order valence-electron chi connectivity index (χ2n) is 9.26. The molecule has 2 aromatic carbocycles. The molecule has 8 heteroatoms. The first-order valence-electron chi connectivity index (χ1n) is 11.1. The molecule has 0 bridgehead atoms. The van der Waals surface area contributed by atoms with Crippen LogP contribution in [-0.2, 0) is 26.5 Å². The van der Waals surface area contributed by atoms with Crippen LogP contribution in [-0.4, -0.2) is 47.0 Å². The van der Waals surface area contributed by atoms with Crippen molar-refractivity contribution in [3.63, 3.8) is 0 Å². The van der Waals surface area contributed by atoms with Gasteiger partial charge in [0.05, 0.1) is 31.6 Å². The van der Waals surface area contributed by atoms with Crippen molar-refractivity contribution in [1.82, 2.24) is 10.2 Å². The number of ether oxygens (including phenoxy) is 1. The lowest BCUT2D eigenvalue weighted by Gasteiger charge is -2.30. The van der Waals surface area contributed by atoms with Gasteiger partial charge in [-0.2, -0.15) is 0 Å². The number of methoxy groups -OCH3 is 1. The van der Waals surface area contributed by atoms with Crippen LogP contribution in [0.3, 0.4) is 0 Å². The van der Waals surface area contributed by atoms with Gasteiger partial charge < -0.3 is 15.2 Å². The molecular weight excluding hydrogens is 422 g/mol. The Morgan fingerprint density at radius 1 is 1.15 bits per heavy atom. The van der Waals surface area contributed by atoms with E-state index in [0.29, 0.717) is 22.6 Å². The van der Waals surface area contributed by atoms with Gasteiger partial charge in [-0.15, -0.1) is 0 Å². The zero-order valence-corrected chi connectivity index (χ0v) is 19.0. The number of aliphatic hydroxyl groups is 1. The van der Waals surface area contributed by atoms with Crippen LogP contribution in [0.2, 0.25) is 0 Å². The second kappa shape index (κ2) is 7.40.